The third kappa shape index (κ3) is 4.49. The van der Waals surface area contributed by atoms with Crippen LogP contribution in [-0.2, 0) is 4.79 Å². The zero-order valence-corrected chi connectivity index (χ0v) is 13.4. The second kappa shape index (κ2) is 7.24. The Morgan fingerprint density at radius 3 is 2.60 bits per heavy atom. The molecule has 0 bridgehead atoms. The number of hydrogen-bond acceptors (Lipinski definition) is 3. The Morgan fingerprint density at radius 1 is 1.45 bits per heavy atom. The number of anilines is 1. The summed E-state index contributed by atoms with van der Waals surface area (Å²) in [7, 11) is 0. The Labute approximate surface area is 126 Å². The van der Waals surface area contributed by atoms with Crippen LogP contribution >= 0.6 is 12.2 Å². The number of thiocarbonyl (C=S) groups is 1. The number of hydrogen-bond donors (Lipinski definition) is 2. The van der Waals surface area contributed by atoms with Gasteiger partial charge in [0.05, 0.1) is 6.54 Å². The fraction of sp³-hybridized carbons (Fsp3) is 0.467. The first-order valence-electron chi connectivity index (χ1n) is 6.80. The first kappa shape index (κ1) is 16.4. The van der Waals surface area contributed by atoms with Gasteiger partial charge in [0.1, 0.15) is 4.99 Å². The van der Waals surface area contributed by atoms with Gasteiger partial charge in [-0.25, -0.2) is 0 Å². The SMILES string of the molecule is CCN(CC(=O)NC(C)C)c1cc(C)ccc1C(N)=S. The first-order valence-corrected chi connectivity index (χ1v) is 7.20. The van der Waals surface area contributed by atoms with Crippen LogP contribution in [0.5, 0.6) is 0 Å². The summed E-state index contributed by atoms with van der Waals surface area (Å²) in [6.45, 7) is 8.92. The van der Waals surface area contributed by atoms with Gasteiger partial charge in [0.25, 0.3) is 0 Å². The van der Waals surface area contributed by atoms with Crippen LogP contribution in [0.2, 0.25) is 0 Å². The first-order chi connectivity index (χ1) is 9.35. The summed E-state index contributed by atoms with van der Waals surface area (Å²) in [6, 6.07) is 6.03. The molecule has 4 nitrogen and oxygen atoms in total. The summed E-state index contributed by atoms with van der Waals surface area (Å²) >= 11 is 5.09. The number of benzene rings is 1. The van der Waals surface area contributed by atoms with E-state index in [9.17, 15) is 4.79 Å². The van der Waals surface area contributed by atoms with Crippen LogP contribution in [0.3, 0.4) is 0 Å². The van der Waals surface area contributed by atoms with Gasteiger partial charge in [-0.05, 0) is 45.4 Å². The van der Waals surface area contributed by atoms with Crippen molar-refractivity contribution in [1.82, 2.24) is 5.32 Å². The van der Waals surface area contributed by atoms with Gasteiger partial charge in [-0.1, -0.05) is 18.3 Å². The maximum atomic E-state index is 11.9. The number of aryl methyl sites for hydroxylation is 1. The van der Waals surface area contributed by atoms with Gasteiger partial charge in [0, 0.05) is 23.8 Å². The van der Waals surface area contributed by atoms with E-state index >= 15 is 0 Å². The van der Waals surface area contributed by atoms with E-state index in [0.717, 1.165) is 16.8 Å². The number of nitrogens with one attached hydrogen (secondary N) is 1. The monoisotopic (exact) mass is 293 g/mol. The molecule has 0 aromatic heterocycles. The van der Waals surface area contributed by atoms with E-state index in [1.54, 1.807) is 0 Å². The molecule has 1 aromatic carbocycles. The second-order valence-corrected chi connectivity index (χ2v) is 5.56. The number of amides is 1. The molecule has 0 spiro atoms. The molecule has 0 radical (unpaired) electrons. The van der Waals surface area contributed by atoms with Crippen LogP contribution in [0, 0.1) is 6.92 Å². The molecule has 0 atom stereocenters. The van der Waals surface area contributed by atoms with Crippen LogP contribution in [0.25, 0.3) is 0 Å². The number of nitrogens with two attached hydrogens (primary N) is 1. The molecule has 0 aliphatic rings. The van der Waals surface area contributed by atoms with Crippen molar-refractivity contribution < 1.29 is 4.79 Å². The minimum Gasteiger partial charge on any atom is -0.389 e. The summed E-state index contributed by atoms with van der Waals surface area (Å²) in [4.78, 5) is 14.3. The normalized spacial score (nSPS) is 10.4. The zero-order valence-electron chi connectivity index (χ0n) is 12.6. The fourth-order valence-corrected chi connectivity index (χ4v) is 2.19. The fourth-order valence-electron chi connectivity index (χ4n) is 2.02. The van der Waals surface area contributed by atoms with E-state index in [2.05, 4.69) is 5.32 Å². The highest BCUT2D eigenvalue weighted by molar-refractivity contribution is 7.80. The van der Waals surface area contributed by atoms with E-state index in [0.29, 0.717) is 18.1 Å². The Kier molecular flexibility index (Phi) is 5.95. The lowest BCUT2D eigenvalue weighted by atomic mass is 10.1. The molecule has 0 aliphatic heterocycles. The third-order valence-corrected chi connectivity index (χ3v) is 3.15. The molecule has 3 N–H and O–H groups in total. The zero-order chi connectivity index (χ0) is 15.3. The molecular weight excluding hydrogens is 270 g/mol. The van der Waals surface area contributed by atoms with Crippen molar-refractivity contribution in [1.29, 1.82) is 0 Å². The minimum absolute atomic E-state index is 0.00255. The second-order valence-electron chi connectivity index (χ2n) is 5.12. The number of carbonyl (C=O) groups is 1. The predicted octanol–water partition coefficient (Wildman–Crippen LogP) is 1.98. The summed E-state index contributed by atoms with van der Waals surface area (Å²) in [5, 5.41) is 2.90. The molecule has 1 rings (SSSR count). The van der Waals surface area contributed by atoms with Crippen LogP contribution in [-0.4, -0.2) is 30.0 Å². The third-order valence-electron chi connectivity index (χ3n) is 2.93. The predicted molar refractivity (Wildman–Crippen MR) is 88.2 cm³/mol. The highest BCUT2D eigenvalue weighted by atomic mass is 32.1. The van der Waals surface area contributed by atoms with E-state index in [-0.39, 0.29) is 11.9 Å². The quantitative estimate of drug-likeness (QED) is 0.788. The molecule has 0 saturated carbocycles. The number of likely N-dealkylation sites (N-methyl/N-ethyl adjacent to an activating group) is 1. The van der Waals surface area contributed by atoms with Crippen molar-refractivity contribution in [2.75, 3.05) is 18.0 Å². The Balaban J connectivity index is 3.02. The molecule has 20 heavy (non-hydrogen) atoms. The molecule has 0 aliphatic carbocycles. The maximum Gasteiger partial charge on any atom is 0.239 e. The van der Waals surface area contributed by atoms with E-state index in [1.165, 1.54) is 0 Å². The molecule has 0 fully saturated rings. The van der Waals surface area contributed by atoms with Crippen molar-refractivity contribution in [3.8, 4) is 0 Å². The molecule has 0 heterocycles. The summed E-state index contributed by atoms with van der Waals surface area (Å²) in [5.41, 5.74) is 8.61. The van der Waals surface area contributed by atoms with E-state index in [4.69, 9.17) is 18.0 Å². The van der Waals surface area contributed by atoms with E-state index < -0.39 is 0 Å². The summed E-state index contributed by atoms with van der Waals surface area (Å²) in [6.07, 6.45) is 0. The van der Waals surface area contributed by atoms with Gasteiger partial charge >= 0.3 is 0 Å². The van der Waals surface area contributed by atoms with Crippen LogP contribution < -0.4 is 16.0 Å². The molecule has 1 amide bonds. The maximum absolute atomic E-state index is 11.9. The van der Waals surface area contributed by atoms with E-state index in [1.807, 2.05) is 50.8 Å². The standard InChI is InChI=1S/C15H23N3OS/c1-5-18(9-14(19)17-10(2)3)13-8-11(4)6-7-12(13)15(16)20/h6-8,10H,5,9H2,1-4H3,(H2,16,20)(H,17,19). The molecule has 5 heteroatoms. The van der Waals surface area contributed by atoms with Gasteiger partial charge in [0.15, 0.2) is 0 Å². The van der Waals surface area contributed by atoms with Crippen LogP contribution in [0.4, 0.5) is 5.69 Å². The smallest absolute Gasteiger partial charge is 0.239 e. The summed E-state index contributed by atoms with van der Waals surface area (Å²) in [5.74, 6) is -0.00255. The van der Waals surface area contributed by atoms with Gasteiger partial charge < -0.3 is 16.0 Å². The number of rotatable bonds is 6. The highest BCUT2D eigenvalue weighted by Crippen LogP contribution is 2.22. The Morgan fingerprint density at radius 2 is 2.10 bits per heavy atom. The molecule has 0 unspecified atom stereocenters. The van der Waals surface area contributed by atoms with Crippen molar-refractivity contribution >= 4 is 28.8 Å². The number of carbonyl (C=O) groups excluding carboxylic acids is 1. The lowest BCUT2D eigenvalue weighted by molar-refractivity contribution is -0.120. The van der Waals surface area contributed by atoms with Crippen molar-refractivity contribution in [2.24, 2.45) is 5.73 Å². The topological polar surface area (TPSA) is 58.4 Å². The van der Waals surface area contributed by atoms with Crippen molar-refractivity contribution in [3.63, 3.8) is 0 Å². The van der Waals surface area contributed by atoms with Gasteiger partial charge in [0.2, 0.25) is 5.91 Å². The van der Waals surface area contributed by atoms with Crippen molar-refractivity contribution in [2.45, 2.75) is 33.7 Å². The Bertz CT molecular complexity index is 500. The Hall–Kier alpha value is -1.62. The average Bonchev–Trinajstić information content (AvgIpc) is 2.34. The summed E-state index contributed by atoms with van der Waals surface area (Å²) < 4.78 is 0. The minimum atomic E-state index is -0.00255. The average molecular weight is 293 g/mol. The lowest BCUT2D eigenvalue weighted by Crippen LogP contribution is -2.40. The number of nitrogens with zero attached hydrogens (tertiary/aromatic N) is 1. The van der Waals surface area contributed by atoms with Crippen molar-refractivity contribution in [3.05, 3.63) is 29.3 Å². The van der Waals surface area contributed by atoms with Gasteiger partial charge in [-0.2, -0.15) is 0 Å². The largest absolute Gasteiger partial charge is 0.389 e. The van der Waals surface area contributed by atoms with Gasteiger partial charge in [-0.3, -0.25) is 4.79 Å². The van der Waals surface area contributed by atoms with Gasteiger partial charge in [-0.15, -0.1) is 0 Å². The highest BCUT2D eigenvalue weighted by Gasteiger charge is 2.15. The molecule has 1 aromatic rings. The molecule has 110 valence electrons. The van der Waals surface area contributed by atoms with Crippen LogP contribution in [0.1, 0.15) is 31.9 Å². The lowest BCUT2D eigenvalue weighted by Gasteiger charge is -2.26. The molecular formula is C15H23N3OS. The van der Waals surface area contributed by atoms with Crippen LogP contribution in [0.15, 0.2) is 18.2 Å². The molecule has 0 saturated heterocycles.